The number of benzene rings is 2. The molecule has 0 radical (unpaired) electrons. The summed E-state index contributed by atoms with van der Waals surface area (Å²) in [6.45, 7) is 7.22. The number of ether oxygens (including phenoxy) is 1. The molecule has 1 atom stereocenters. The van der Waals surface area contributed by atoms with Gasteiger partial charge in [-0.25, -0.2) is 0 Å². The third-order valence-corrected chi connectivity index (χ3v) is 5.20. The number of morpholine rings is 1. The number of nitrogens with zero attached hydrogens (tertiary/aromatic N) is 1. The summed E-state index contributed by atoms with van der Waals surface area (Å²) in [5.74, 6) is 0. The first-order chi connectivity index (χ1) is 12.1. The highest BCUT2D eigenvalue weighted by atomic mass is 35.5. The SMILES string of the molecule is Cc1ccc(C(CNCc2ccc(Cl)cc2Cl)N2CCOCC2)cc1. The Balaban J connectivity index is 1.67. The van der Waals surface area contributed by atoms with E-state index in [1.165, 1.54) is 11.1 Å². The fourth-order valence-corrected chi connectivity index (χ4v) is 3.62. The lowest BCUT2D eigenvalue weighted by atomic mass is 10.0. The molecule has 0 aromatic heterocycles. The first-order valence-corrected chi connectivity index (χ1v) is 9.42. The minimum Gasteiger partial charge on any atom is -0.379 e. The van der Waals surface area contributed by atoms with Gasteiger partial charge in [-0.1, -0.05) is 59.1 Å². The zero-order chi connectivity index (χ0) is 17.6. The van der Waals surface area contributed by atoms with Gasteiger partial charge in [0.05, 0.1) is 13.2 Å². The lowest BCUT2D eigenvalue weighted by molar-refractivity contribution is 0.0161. The van der Waals surface area contributed by atoms with E-state index in [0.29, 0.717) is 16.1 Å². The van der Waals surface area contributed by atoms with Crippen molar-refractivity contribution < 1.29 is 4.74 Å². The lowest BCUT2D eigenvalue weighted by Crippen LogP contribution is -2.42. The van der Waals surface area contributed by atoms with Gasteiger partial charge in [0.1, 0.15) is 0 Å². The van der Waals surface area contributed by atoms with E-state index in [-0.39, 0.29) is 0 Å². The van der Waals surface area contributed by atoms with Crippen LogP contribution in [0.4, 0.5) is 0 Å². The molecule has 2 aromatic carbocycles. The molecule has 1 unspecified atom stereocenters. The van der Waals surface area contributed by atoms with E-state index in [2.05, 4.69) is 41.4 Å². The van der Waals surface area contributed by atoms with Gasteiger partial charge in [0.2, 0.25) is 0 Å². The second-order valence-electron chi connectivity index (χ2n) is 6.44. The highest BCUT2D eigenvalue weighted by molar-refractivity contribution is 6.35. The first-order valence-electron chi connectivity index (χ1n) is 8.66. The molecule has 1 aliphatic rings. The number of hydrogen-bond acceptors (Lipinski definition) is 3. The lowest BCUT2D eigenvalue weighted by Gasteiger charge is -2.35. The average Bonchev–Trinajstić information content (AvgIpc) is 2.62. The van der Waals surface area contributed by atoms with Crippen molar-refractivity contribution in [3.05, 3.63) is 69.2 Å². The molecule has 1 aliphatic heterocycles. The third kappa shape index (κ3) is 5.19. The van der Waals surface area contributed by atoms with Gasteiger partial charge in [-0.2, -0.15) is 0 Å². The summed E-state index contributed by atoms with van der Waals surface area (Å²) in [6, 6.07) is 14.8. The number of rotatable bonds is 6. The molecule has 2 aromatic rings. The van der Waals surface area contributed by atoms with Crippen molar-refractivity contribution in [3.8, 4) is 0 Å². The Morgan fingerprint density at radius 1 is 1.08 bits per heavy atom. The van der Waals surface area contributed by atoms with Gasteiger partial charge < -0.3 is 10.1 Å². The van der Waals surface area contributed by atoms with Crippen molar-refractivity contribution in [1.82, 2.24) is 10.2 Å². The molecule has 0 spiro atoms. The predicted octanol–water partition coefficient (Wildman–Crippen LogP) is 4.46. The molecule has 1 N–H and O–H groups in total. The Bertz CT molecular complexity index is 685. The van der Waals surface area contributed by atoms with Gasteiger partial charge in [-0.15, -0.1) is 0 Å². The van der Waals surface area contributed by atoms with Crippen molar-refractivity contribution in [3.63, 3.8) is 0 Å². The molecule has 3 nitrogen and oxygen atoms in total. The van der Waals surface area contributed by atoms with Gasteiger partial charge >= 0.3 is 0 Å². The van der Waals surface area contributed by atoms with Gasteiger partial charge in [-0.05, 0) is 30.2 Å². The fourth-order valence-electron chi connectivity index (χ4n) is 3.14. The largest absolute Gasteiger partial charge is 0.379 e. The molecular formula is C20H24Cl2N2O. The molecule has 0 saturated carbocycles. The summed E-state index contributed by atoms with van der Waals surface area (Å²) in [6.07, 6.45) is 0. The maximum absolute atomic E-state index is 6.28. The topological polar surface area (TPSA) is 24.5 Å². The standard InChI is InChI=1S/C20H24Cl2N2O/c1-15-2-4-16(5-3-15)20(24-8-10-25-11-9-24)14-23-13-17-6-7-18(21)12-19(17)22/h2-7,12,20,23H,8-11,13-14H2,1H3. The molecule has 25 heavy (non-hydrogen) atoms. The molecule has 5 heteroatoms. The van der Waals surface area contributed by atoms with Crippen LogP contribution in [0.2, 0.25) is 10.0 Å². The van der Waals surface area contributed by atoms with Crippen LogP contribution in [0.3, 0.4) is 0 Å². The van der Waals surface area contributed by atoms with Gasteiger partial charge in [0.25, 0.3) is 0 Å². The van der Waals surface area contributed by atoms with Crippen LogP contribution in [-0.2, 0) is 11.3 Å². The summed E-state index contributed by atoms with van der Waals surface area (Å²) in [5.41, 5.74) is 3.68. The van der Waals surface area contributed by atoms with Crippen molar-refractivity contribution in [1.29, 1.82) is 0 Å². The van der Waals surface area contributed by atoms with Crippen molar-refractivity contribution >= 4 is 23.2 Å². The number of halogens is 2. The Hall–Kier alpha value is -1.10. The number of hydrogen-bond donors (Lipinski definition) is 1. The minimum absolute atomic E-state index is 0.329. The van der Waals surface area contributed by atoms with Gasteiger partial charge in [-0.3, -0.25) is 4.90 Å². The zero-order valence-corrected chi connectivity index (χ0v) is 16.0. The molecule has 134 valence electrons. The summed E-state index contributed by atoms with van der Waals surface area (Å²) in [5, 5.41) is 4.94. The van der Waals surface area contributed by atoms with E-state index in [0.717, 1.165) is 45.0 Å². The van der Waals surface area contributed by atoms with Crippen molar-refractivity contribution in [2.45, 2.75) is 19.5 Å². The average molecular weight is 379 g/mol. The summed E-state index contributed by atoms with van der Waals surface area (Å²) < 4.78 is 5.51. The monoisotopic (exact) mass is 378 g/mol. The quantitative estimate of drug-likeness (QED) is 0.802. The van der Waals surface area contributed by atoms with Crippen molar-refractivity contribution in [2.75, 3.05) is 32.8 Å². The molecular weight excluding hydrogens is 355 g/mol. The molecule has 0 aliphatic carbocycles. The molecule has 0 amide bonds. The summed E-state index contributed by atoms with van der Waals surface area (Å²) in [4.78, 5) is 2.49. The summed E-state index contributed by atoms with van der Waals surface area (Å²) >= 11 is 12.2. The van der Waals surface area contributed by atoms with Gasteiger partial charge in [0.15, 0.2) is 0 Å². The highest BCUT2D eigenvalue weighted by Gasteiger charge is 2.22. The van der Waals surface area contributed by atoms with E-state index in [4.69, 9.17) is 27.9 Å². The Morgan fingerprint density at radius 3 is 2.48 bits per heavy atom. The van der Waals surface area contributed by atoms with Crippen LogP contribution < -0.4 is 5.32 Å². The van der Waals surface area contributed by atoms with Crippen LogP contribution in [0.25, 0.3) is 0 Å². The zero-order valence-electron chi connectivity index (χ0n) is 14.5. The molecule has 1 heterocycles. The molecule has 1 saturated heterocycles. The minimum atomic E-state index is 0.329. The Morgan fingerprint density at radius 2 is 1.80 bits per heavy atom. The summed E-state index contributed by atoms with van der Waals surface area (Å²) in [7, 11) is 0. The van der Waals surface area contributed by atoms with Crippen LogP contribution in [0.1, 0.15) is 22.7 Å². The number of aryl methyl sites for hydroxylation is 1. The van der Waals surface area contributed by atoms with Crippen molar-refractivity contribution in [2.24, 2.45) is 0 Å². The smallest absolute Gasteiger partial charge is 0.0594 e. The van der Waals surface area contributed by atoms with E-state index >= 15 is 0 Å². The molecule has 1 fully saturated rings. The second kappa shape index (κ2) is 9.02. The fraction of sp³-hybridized carbons (Fsp3) is 0.400. The second-order valence-corrected chi connectivity index (χ2v) is 7.29. The van der Waals surface area contributed by atoms with E-state index < -0.39 is 0 Å². The first kappa shape index (κ1) is 18.7. The van der Waals surface area contributed by atoms with Gasteiger partial charge in [0, 0.05) is 42.3 Å². The Labute approximate surface area is 159 Å². The van der Waals surface area contributed by atoms with Crippen LogP contribution in [0.5, 0.6) is 0 Å². The van der Waals surface area contributed by atoms with E-state index in [9.17, 15) is 0 Å². The highest BCUT2D eigenvalue weighted by Crippen LogP contribution is 2.23. The maximum Gasteiger partial charge on any atom is 0.0594 e. The Kier molecular flexibility index (Phi) is 6.74. The molecule has 3 rings (SSSR count). The maximum atomic E-state index is 6.28. The van der Waals surface area contributed by atoms with Crippen LogP contribution in [0, 0.1) is 6.92 Å². The van der Waals surface area contributed by atoms with Crippen LogP contribution >= 0.6 is 23.2 Å². The third-order valence-electron chi connectivity index (χ3n) is 4.62. The predicted molar refractivity (Wildman–Crippen MR) is 104 cm³/mol. The van der Waals surface area contributed by atoms with Crippen LogP contribution in [0.15, 0.2) is 42.5 Å². The van der Waals surface area contributed by atoms with Crippen LogP contribution in [-0.4, -0.2) is 37.7 Å². The van der Waals surface area contributed by atoms with E-state index in [1.54, 1.807) is 6.07 Å². The van der Waals surface area contributed by atoms with E-state index in [1.807, 2.05) is 12.1 Å². The molecule has 0 bridgehead atoms. The normalized spacial score (nSPS) is 16.8. The number of nitrogens with one attached hydrogen (secondary N) is 1.